The second-order valence-corrected chi connectivity index (χ2v) is 8.64. The third-order valence-electron chi connectivity index (χ3n) is 4.61. The van der Waals surface area contributed by atoms with Crippen LogP contribution in [0.1, 0.15) is 17.5 Å². The molecule has 1 unspecified atom stereocenters. The number of amides is 2. The number of carbonyl (C=O) groups is 2. The van der Waals surface area contributed by atoms with Crippen LogP contribution in [0.5, 0.6) is 0 Å². The van der Waals surface area contributed by atoms with E-state index in [0.717, 1.165) is 16.8 Å². The third-order valence-corrected chi connectivity index (χ3v) is 6.03. The fraction of sp³-hybridized carbons (Fsp3) is 0.318. The standard InChI is InChI=1S/C22H24ClN3O3S/c1-14-4-9-18(15(2)12-14)25-22-26(10-11-29-3)21(28)19(30-22)13-20(27)24-17-7-5-16(23)6-8-17/h4-9,12,19H,10-11,13H2,1-3H3,(H,24,27). The van der Waals surface area contributed by atoms with Crippen molar-refractivity contribution in [3.05, 3.63) is 58.6 Å². The van der Waals surface area contributed by atoms with Gasteiger partial charge < -0.3 is 10.1 Å². The summed E-state index contributed by atoms with van der Waals surface area (Å²) >= 11 is 7.19. The SMILES string of the molecule is COCCN1C(=O)C(CC(=O)Nc2ccc(Cl)cc2)SC1=Nc1ccc(C)cc1C. The Morgan fingerprint density at radius 3 is 2.63 bits per heavy atom. The molecular formula is C22H24ClN3O3S. The van der Waals surface area contributed by atoms with Gasteiger partial charge in [-0.3, -0.25) is 14.5 Å². The van der Waals surface area contributed by atoms with Crippen LogP contribution in [-0.2, 0) is 14.3 Å². The Labute approximate surface area is 185 Å². The molecule has 0 aliphatic carbocycles. The van der Waals surface area contributed by atoms with E-state index in [1.54, 1.807) is 36.3 Å². The summed E-state index contributed by atoms with van der Waals surface area (Å²) in [7, 11) is 1.59. The number of hydrogen-bond donors (Lipinski definition) is 1. The molecule has 158 valence electrons. The first-order valence-electron chi connectivity index (χ1n) is 9.55. The van der Waals surface area contributed by atoms with Gasteiger partial charge in [0.2, 0.25) is 11.8 Å². The summed E-state index contributed by atoms with van der Waals surface area (Å²) in [4.78, 5) is 31.8. The van der Waals surface area contributed by atoms with Gasteiger partial charge in [-0.2, -0.15) is 0 Å². The number of nitrogens with one attached hydrogen (secondary N) is 1. The van der Waals surface area contributed by atoms with E-state index >= 15 is 0 Å². The molecule has 1 atom stereocenters. The molecule has 1 saturated heterocycles. The molecule has 0 spiro atoms. The summed E-state index contributed by atoms with van der Waals surface area (Å²) in [6.07, 6.45) is 0.0571. The van der Waals surface area contributed by atoms with Crippen molar-refractivity contribution in [2.24, 2.45) is 4.99 Å². The van der Waals surface area contributed by atoms with E-state index in [2.05, 4.69) is 11.4 Å². The van der Waals surface area contributed by atoms with Gasteiger partial charge in [0, 0.05) is 24.2 Å². The predicted molar refractivity (Wildman–Crippen MR) is 123 cm³/mol. The normalized spacial score (nSPS) is 17.6. The minimum Gasteiger partial charge on any atom is -0.383 e. The summed E-state index contributed by atoms with van der Waals surface area (Å²) < 4.78 is 5.15. The number of thioether (sulfide) groups is 1. The van der Waals surface area contributed by atoms with Crippen LogP contribution in [0.25, 0.3) is 0 Å². The molecule has 2 aromatic rings. The zero-order valence-corrected chi connectivity index (χ0v) is 18.7. The molecular weight excluding hydrogens is 422 g/mol. The number of halogens is 1. The summed E-state index contributed by atoms with van der Waals surface area (Å²) in [5.74, 6) is -0.366. The van der Waals surface area contributed by atoms with Gasteiger partial charge in [0.1, 0.15) is 5.25 Å². The monoisotopic (exact) mass is 445 g/mol. The number of hydrogen-bond acceptors (Lipinski definition) is 5. The van der Waals surface area contributed by atoms with Crippen molar-refractivity contribution in [2.75, 3.05) is 25.6 Å². The third kappa shape index (κ3) is 5.62. The summed E-state index contributed by atoms with van der Waals surface area (Å²) in [6, 6.07) is 12.8. The van der Waals surface area contributed by atoms with Crippen molar-refractivity contribution < 1.29 is 14.3 Å². The first-order chi connectivity index (χ1) is 14.4. The number of benzene rings is 2. The van der Waals surface area contributed by atoms with Gasteiger partial charge in [-0.15, -0.1) is 0 Å². The highest BCUT2D eigenvalue weighted by atomic mass is 35.5. The van der Waals surface area contributed by atoms with Gasteiger partial charge in [0.25, 0.3) is 0 Å². The van der Waals surface area contributed by atoms with Crippen molar-refractivity contribution in [3.63, 3.8) is 0 Å². The molecule has 1 aliphatic rings. The Morgan fingerprint density at radius 1 is 1.23 bits per heavy atom. The van der Waals surface area contributed by atoms with Crippen LogP contribution >= 0.6 is 23.4 Å². The lowest BCUT2D eigenvalue weighted by Gasteiger charge is -2.16. The van der Waals surface area contributed by atoms with Crippen LogP contribution in [0.2, 0.25) is 5.02 Å². The average Bonchev–Trinajstić information content (AvgIpc) is 2.98. The first-order valence-corrected chi connectivity index (χ1v) is 10.8. The van der Waals surface area contributed by atoms with E-state index in [1.807, 2.05) is 26.0 Å². The van der Waals surface area contributed by atoms with Crippen molar-refractivity contribution >= 4 is 51.7 Å². The lowest BCUT2D eigenvalue weighted by molar-refractivity contribution is -0.128. The van der Waals surface area contributed by atoms with Gasteiger partial charge >= 0.3 is 0 Å². The zero-order chi connectivity index (χ0) is 21.7. The Balaban J connectivity index is 1.75. The molecule has 0 aromatic heterocycles. The first kappa shape index (κ1) is 22.3. The number of nitrogens with zero attached hydrogens (tertiary/aromatic N) is 2. The highest BCUT2D eigenvalue weighted by Gasteiger charge is 2.39. The lowest BCUT2D eigenvalue weighted by atomic mass is 10.1. The molecule has 1 aliphatic heterocycles. The van der Waals surface area contributed by atoms with Crippen molar-refractivity contribution in [2.45, 2.75) is 25.5 Å². The Kier molecular flexibility index (Phi) is 7.53. The van der Waals surface area contributed by atoms with E-state index < -0.39 is 5.25 Å². The summed E-state index contributed by atoms with van der Waals surface area (Å²) in [5, 5.41) is 3.46. The Morgan fingerprint density at radius 2 is 1.97 bits per heavy atom. The minimum absolute atomic E-state index is 0.0571. The molecule has 0 radical (unpaired) electrons. The van der Waals surface area contributed by atoms with Crippen LogP contribution in [-0.4, -0.2) is 47.4 Å². The fourth-order valence-electron chi connectivity index (χ4n) is 3.06. The van der Waals surface area contributed by atoms with Gasteiger partial charge in [-0.05, 0) is 49.7 Å². The molecule has 2 aromatic carbocycles. The molecule has 1 heterocycles. The predicted octanol–water partition coefficient (Wildman–Crippen LogP) is 4.56. The van der Waals surface area contributed by atoms with Crippen LogP contribution < -0.4 is 5.32 Å². The number of carbonyl (C=O) groups excluding carboxylic acids is 2. The second-order valence-electron chi connectivity index (χ2n) is 7.03. The number of aliphatic imine (C=N–C) groups is 1. The van der Waals surface area contributed by atoms with Crippen LogP contribution in [0.15, 0.2) is 47.5 Å². The van der Waals surface area contributed by atoms with E-state index in [4.69, 9.17) is 21.3 Å². The van der Waals surface area contributed by atoms with E-state index in [1.165, 1.54) is 11.8 Å². The molecule has 3 rings (SSSR count). The largest absolute Gasteiger partial charge is 0.383 e. The maximum atomic E-state index is 13.0. The molecule has 0 saturated carbocycles. The molecule has 2 amide bonds. The van der Waals surface area contributed by atoms with Gasteiger partial charge in [-0.25, -0.2) is 4.99 Å². The van der Waals surface area contributed by atoms with Crippen molar-refractivity contribution in [1.29, 1.82) is 0 Å². The number of rotatable bonds is 7. The number of anilines is 1. The zero-order valence-electron chi connectivity index (χ0n) is 17.1. The minimum atomic E-state index is -0.529. The number of methoxy groups -OCH3 is 1. The second kappa shape index (κ2) is 10.1. The molecule has 0 bridgehead atoms. The smallest absolute Gasteiger partial charge is 0.242 e. The van der Waals surface area contributed by atoms with Crippen LogP contribution in [0.4, 0.5) is 11.4 Å². The van der Waals surface area contributed by atoms with Crippen LogP contribution in [0.3, 0.4) is 0 Å². The lowest BCUT2D eigenvalue weighted by Crippen LogP contribution is -2.35. The number of amidine groups is 1. The van der Waals surface area contributed by atoms with Crippen molar-refractivity contribution in [3.8, 4) is 0 Å². The Hall–Kier alpha value is -2.35. The van der Waals surface area contributed by atoms with Crippen LogP contribution in [0, 0.1) is 13.8 Å². The van der Waals surface area contributed by atoms with E-state index in [0.29, 0.717) is 29.0 Å². The molecule has 30 heavy (non-hydrogen) atoms. The summed E-state index contributed by atoms with van der Waals surface area (Å²) in [6.45, 7) is 4.80. The molecule has 1 N–H and O–H groups in total. The fourth-order valence-corrected chi connectivity index (χ4v) is 4.36. The maximum Gasteiger partial charge on any atom is 0.242 e. The number of ether oxygens (including phenoxy) is 1. The van der Waals surface area contributed by atoms with Gasteiger partial charge in [0.15, 0.2) is 5.17 Å². The maximum absolute atomic E-state index is 13.0. The Bertz CT molecular complexity index is 963. The number of aryl methyl sites for hydroxylation is 2. The van der Waals surface area contributed by atoms with Gasteiger partial charge in [-0.1, -0.05) is 41.1 Å². The summed E-state index contributed by atoms with van der Waals surface area (Å²) in [5.41, 5.74) is 3.63. The van der Waals surface area contributed by atoms with E-state index in [9.17, 15) is 9.59 Å². The molecule has 8 heteroatoms. The van der Waals surface area contributed by atoms with Gasteiger partial charge in [0.05, 0.1) is 18.8 Å². The van der Waals surface area contributed by atoms with E-state index in [-0.39, 0.29) is 18.2 Å². The highest BCUT2D eigenvalue weighted by Crippen LogP contribution is 2.32. The quantitative estimate of drug-likeness (QED) is 0.678. The van der Waals surface area contributed by atoms with Crippen molar-refractivity contribution in [1.82, 2.24) is 4.90 Å². The average molecular weight is 446 g/mol. The molecule has 1 fully saturated rings. The molecule has 6 nitrogen and oxygen atoms in total. The highest BCUT2D eigenvalue weighted by molar-refractivity contribution is 8.15. The topological polar surface area (TPSA) is 71.0 Å².